The standard InChI is InChI=1S/C15H12Br2F3NO3/c16-8-5-7(24-15(18,19)20)6-9(17)10(8)11-12(22)14(21-13(11)23)3-1-2-4-14/h5-6,22H,1-4H2,(H,21,23). The average Bonchev–Trinajstić information content (AvgIpc) is 2.97. The van der Waals surface area contributed by atoms with Crippen molar-refractivity contribution in [1.29, 1.82) is 0 Å². The molecule has 1 aliphatic heterocycles. The molecule has 1 saturated carbocycles. The number of carbonyl (C=O) groups is 1. The molecule has 1 aliphatic carbocycles. The van der Waals surface area contributed by atoms with Crippen molar-refractivity contribution in [2.75, 3.05) is 0 Å². The van der Waals surface area contributed by atoms with Crippen molar-refractivity contribution in [3.05, 3.63) is 32.4 Å². The van der Waals surface area contributed by atoms with Gasteiger partial charge in [0.2, 0.25) is 0 Å². The number of hydrogen-bond acceptors (Lipinski definition) is 3. The second-order valence-electron chi connectivity index (χ2n) is 5.78. The molecule has 0 unspecified atom stereocenters. The van der Waals surface area contributed by atoms with Crippen LogP contribution in [-0.4, -0.2) is 22.9 Å². The van der Waals surface area contributed by atoms with Crippen molar-refractivity contribution in [3.8, 4) is 5.75 Å². The van der Waals surface area contributed by atoms with Gasteiger partial charge in [0.1, 0.15) is 11.5 Å². The fourth-order valence-corrected chi connectivity index (χ4v) is 4.78. The van der Waals surface area contributed by atoms with Gasteiger partial charge in [-0.2, -0.15) is 0 Å². The summed E-state index contributed by atoms with van der Waals surface area (Å²) in [7, 11) is 0. The van der Waals surface area contributed by atoms with Crippen molar-refractivity contribution in [3.63, 3.8) is 0 Å². The maximum atomic E-state index is 12.4. The zero-order valence-electron chi connectivity index (χ0n) is 12.1. The first-order valence-corrected chi connectivity index (χ1v) is 8.73. The normalized spacial score (nSPS) is 20.0. The van der Waals surface area contributed by atoms with Crippen LogP contribution in [-0.2, 0) is 4.79 Å². The third-order valence-electron chi connectivity index (χ3n) is 4.23. The van der Waals surface area contributed by atoms with Gasteiger partial charge in [0, 0.05) is 14.5 Å². The van der Waals surface area contributed by atoms with Crippen LogP contribution in [0.15, 0.2) is 26.8 Å². The van der Waals surface area contributed by atoms with Gasteiger partial charge in [-0.15, -0.1) is 13.2 Å². The van der Waals surface area contributed by atoms with E-state index >= 15 is 0 Å². The molecule has 3 rings (SSSR count). The van der Waals surface area contributed by atoms with Gasteiger partial charge >= 0.3 is 6.36 Å². The number of amides is 1. The lowest BCUT2D eigenvalue weighted by Crippen LogP contribution is -2.41. The monoisotopic (exact) mass is 469 g/mol. The molecule has 2 aliphatic rings. The topological polar surface area (TPSA) is 58.6 Å². The van der Waals surface area contributed by atoms with E-state index in [2.05, 4.69) is 41.9 Å². The van der Waals surface area contributed by atoms with Crippen LogP contribution in [0.1, 0.15) is 31.2 Å². The highest BCUT2D eigenvalue weighted by molar-refractivity contribution is 9.11. The molecule has 24 heavy (non-hydrogen) atoms. The molecule has 1 fully saturated rings. The van der Waals surface area contributed by atoms with Crippen molar-refractivity contribution >= 4 is 43.3 Å². The molecule has 0 radical (unpaired) electrons. The van der Waals surface area contributed by atoms with Crippen LogP contribution in [0.4, 0.5) is 13.2 Å². The molecule has 1 amide bonds. The van der Waals surface area contributed by atoms with Gasteiger partial charge in [0.25, 0.3) is 5.91 Å². The minimum Gasteiger partial charge on any atom is -0.509 e. The molecule has 0 aromatic heterocycles. The van der Waals surface area contributed by atoms with E-state index in [0.29, 0.717) is 18.4 Å². The Labute approximate surface area is 152 Å². The Morgan fingerprint density at radius 1 is 1.17 bits per heavy atom. The van der Waals surface area contributed by atoms with Crippen LogP contribution in [0, 0.1) is 0 Å². The Balaban J connectivity index is 2.06. The zero-order valence-corrected chi connectivity index (χ0v) is 15.3. The van der Waals surface area contributed by atoms with Crippen LogP contribution >= 0.6 is 31.9 Å². The predicted octanol–water partition coefficient (Wildman–Crippen LogP) is 4.82. The van der Waals surface area contributed by atoms with Crippen molar-refractivity contribution in [1.82, 2.24) is 5.32 Å². The Morgan fingerprint density at radius 3 is 2.21 bits per heavy atom. The van der Waals surface area contributed by atoms with Crippen LogP contribution in [0.3, 0.4) is 0 Å². The minimum absolute atomic E-state index is 0.0594. The van der Waals surface area contributed by atoms with Gasteiger partial charge in [-0.3, -0.25) is 4.79 Å². The summed E-state index contributed by atoms with van der Waals surface area (Å²) in [5, 5.41) is 13.4. The molecule has 130 valence electrons. The van der Waals surface area contributed by atoms with E-state index in [1.54, 1.807) is 0 Å². The van der Waals surface area contributed by atoms with Gasteiger partial charge in [-0.05, 0) is 56.8 Å². The first kappa shape index (κ1) is 17.6. The van der Waals surface area contributed by atoms with E-state index < -0.39 is 23.6 Å². The largest absolute Gasteiger partial charge is 0.573 e. The fraction of sp³-hybridized carbons (Fsp3) is 0.400. The van der Waals surface area contributed by atoms with Gasteiger partial charge in [-0.1, -0.05) is 12.8 Å². The summed E-state index contributed by atoms with van der Waals surface area (Å²) in [4.78, 5) is 12.4. The highest BCUT2D eigenvalue weighted by Crippen LogP contribution is 2.46. The van der Waals surface area contributed by atoms with Crippen LogP contribution in [0.25, 0.3) is 5.57 Å². The average molecular weight is 471 g/mol. The smallest absolute Gasteiger partial charge is 0.509 e. The molecule has 9 heteroatoms. The molecule has 0 atom stereocenters. The minimum atomic E-state index is -4.82. The number of rotatable bonds is 2. The van der Waals surface area contributed by atoms with E-state index in [9.17, 15) is 23.1 Å². The van der Waals surface area contributed by atoms with E-state index in [1.807, 2.05) is 0 Å². The summed E-state index contributed by atoms with van der Waals surface area (Å²) in [6.45, 7) is 0. The SMILES string of the molecule is O=C1NC2(CCCC2)C(O)=C1c1c(Br)cc(OC(F)(F)F)cc1Br. The Morgan fingerprint density at radius 2 is 1.71 bits per heavy atom. The molecular formula is C15H12Br2F3NO3. The van der Waals surface area contributed by atoms with Crippen LogP contribution in [0.2, 0.25) is 0 Å². The first-order chi connectivity index (χ1) is 11.1. The summed E-state index contributed by atoms with van der Waals surface area (Å²) in [6, 6.07) is 2.22. The molecule has 2 N–H and O–H groups in total. The number of aliphatic hydroxyl groups excluding tert-OH is 1. The number of nitrogens with one attached hydrogen (secondary N) is 1. The number of aliphatic hydroxyl groups is 1. The number of carbonyl (C=O) groups excluding carboxylic acids is 1. The number of benzene rings is 1. The maximum Gasteiger partial charge on any atom is 0.573 e. The number of alkyl halides is 3. The highest BCUT2D eigenvalue weighted by atomic mass is 79.9. The Kier molecular flexibility index (Phi) is 4.36. The second kappa shape index (κ2) is 5.94. The molecule has 4 nitrogen and oxygen atoms in total. The van der Waals surface area contributed by atoms with Crippen LogP contribution in [0.5, 0.6) is 5.75 Å². The Hall–Kier alpha value is -1.22. The van der Waals surface area contributed by atoms with Gasteiger partial charge < -0.3 is 15.2 Å². The number of ether oxygens (including phenoxy) is 1. The van der Waals surface area contributed by atoms with Gasteiger partial charge in [-0.25, -0.2) is 0 Å². The summed E-state index contributed by atoms with van der Waals surface area (Å²) < 4.78 is 41.4. The zero-order chi connectivity index (χ0) is 17.7. The summed E-state index contributed by atoms with van der Waals surface area (Å²) in [6.07, 6.45) is -1.77. The summed E-state index contributed by atoms with van der Waals surface area (Å²) >= 11 is 6.33. The fourth-order valence-electron chi connectivity index (χ4n) is 3.24. The maximum absolute atomic E-state index is 12.4. The predicted molar refractivity (Wildman–Crippen MR) is 87.4 cm³/mol. The number of hydrogen-bond donors (Lipinski definition) is 2. The van der Waals surface area contributed by atoms with Crippen molar-refractivity contribution in [2.24, 2.45) is 0 Å². The lowest BCUT2D eigenvalue weighted by molar-refractivity contribution is -0.274. The second-order valence-corrected chi connectivity index (χ2v) is 7.49. The summed E-state index contributed by atoms with van der Waals surface area (Å²) in [5.41, 5.74) is -0.399. The Bertz CT molecular complexity index is 717. The molecule has 1 aromatic carbocycles. The third kappa shape index (κ3) is 3.03. The lowest BCUT2D eigenvalue weighted by Gasteiger charge is -2.23. The number of halogens is 5. The van der Waals surface area contributed by atoms with E-state index in [1.165, 1.54) is 0 Å². The molecule has 1 spiro atoms. The molecular weight excluding hydrogens is 459 g/mol. The van der Waals surface area contributed by atoms with Crippen molar-refractivity contribution < 1.29 is 27.8 Å². The van der Waals surface area contributed by atoms with E-state index in [-0.39, 0.29) is 20.3 Å². The highest BCUT2D eigenvalue weighted by Gasteiger charge is 2.48. The van der Waals surface area contributed by atoms with E-state index in [4.69, 9.17) is 0 Å². The molecule has 1 heterocycles. The van der Waals surface area contributed by atoms with Gasteiger partial charge in [0.15, 0.2) is 0 Å². The van der Waals surface area contributed by atoms with Gasteiger partial charge in [0.05, 0.1) is 11.1 Å². The van der Waals surface area contributed by atoms with E-state index in [0.717, 1.165) is 25.0 Å². The van der Waals surface area contributed by atoms with Crippen molar-refractivity contribution in [2.45, 2.75) is 37.6 Å². The quantitative estimate of drug-likeness (QED) is 0.651. The lowest BCUT2D eigenvalue weighted by atomic mass is 9.94. The summed E-state index contributed by atoms with van der Waals surface area (Å²) in [5.74, 6) is -0.935. The third-order valence-corrected chi connectivity index (χ3v) is 5.48. The van der Waals surface area contributed by atoms with Crippen LogP contribution < -0.4 is 10.1 Å². The molecule has 1 aromatic rings. The molecule has 0 saturated heterocycles. The first-order valence-electron chi connectivity index (χ1n) is 7.14. The molecule has 0 bridgehead atoms.